The average Bonchev–Trinajstić information content (AvgIpc) is 2.20. The molecule has 1 fully saturated rings. The predicted molar refractivity (Wildman–Crippen MR) is 65.7 cm³/mol. The predicted octanol–water partition coefficient (Wildman–Crippen LogP) is 2.28. The van der Waals surface area contributed by atoms with Crippen LogP contribution in [-0.2, 0) is 9.59 Å². The maximum absolute atomic E-state index is 11.8. The van der Waals surface area contributed by atoms with E-state index in [0.717, 1.165) is 19.3 Å². The minimum atomic E-state index is -1.05. The maximum atomic E-state index is 11.8. The highest BCUT2D eigenvalue weighted by Crippen LogP contribution is 2.48. The highest BCUT2D eigenvalue weighted by atomic mass is 16.4. The van der Waals surface area contributed by atoms with Crippen molar-refractivity contribution in [1.29, 1.82) is 0 Å². The fraction of sp³-hybridized carbons (Fsp3) is 0.846. The molecule has 0 aromatic heterocycles. The lowest BCUT2D eigenvalue weighted by molar-refractivity contribution is -0.172. The summed E-state index contributed by atoms with van der Waals surface area (Å²) in [6.45, 7) is 7.64. The molecule has 1 atom stereocenters. The molecule has 1 saturated carbocycles. The molecule has 0 saturated heterocycles. The number of carbonyl (C=O) groups excluding carboxylic acids is 1. The number of nitrogens with zero attached hydrogens (tertiary/aromatic N) is 1. The molecular formula is C13H23NO3. The van der Waals surface area contributed by atoms with E-state index in [0.29, 0.717) is 12.8 Å². The van der Waals surface area contributed by atoms with Crippen molar-refractivity contribution in [2.24, 2.45) is 5.41 Å². The van der Waals surface area contributed by atoms with Gasteiger partial charge in [-0.1, -0.05) is 26.7 Å². The van der Waals surface area contributed by atoms with Crippen LogP contribution >= 0.6 is 0 Å². The van der Waals surface area contributed by atoms with Crippen LogP contribution < -0.4 is 0 Å². The molecule has 98 valence electrons. The van der Waals surface area contributed by atoms with Gasteiger partial charge in [-0.25, -0.2) is 4.79 Å². The van der Waals surface area contributed by atoms with Crippen LogP contribution in [0.15, 0.2) is 0 Å². The van der Waals surface area contributed by atoms with Gasteiger partial charge < -0.3 is 10.0 Å². The first-order valence-electron chi connectivity index (χ1n) is 6.27. The SMILES string of the molecule is CC(C)N(C=O)C1(C(=O)O)CCCCC1(C)C. The monoisotopic (exact) mass is 241 g/mol. The number of carboxylic acids is 1. The average molecular weight is 241 g/mol. The summed E-state index contributed by atoms with van der Waals surface area (Å²) in [5.41, 5.74) is -1.44. The maximum Gasteiger partial charge on any atom is 0.330 e. The highest BCUT2D eigenvalue weighted by Gasteiger charge is 2.56. The van der Waals surface area contributed by atoms with Gasteiger partial charge in [0.05, 0.1) is 0 Å². The van der Waals surface area contributed by atoms with Crippen molar-refractivity contribution in [3.63, 3.8) is 0 Å². The molecule has 0 aliphatic heterocycles. The highest BCUT2D eigenvalue weighted by molar-refractivity contribution is 5.83. The second-order valence-corrected chi connectivity index (χ2v) is 5.86. The zero-order chi connectivity index (χ0) is 13.3. The fourth-order valence-corrected chi connectivity index (χ4v) is 3.13. The van der Waals surface area contributed by atoms with E-state index in [9.17, 15) is 14.7 Å². The van der Waals surface area contributed by atoms with Crippen LogP contribution in [0.5, 0.6) is 0 Å². The normalized spacial score (nSPS) is 27.8. The fourth-order valence-electron chi connectivity index (χ4n) is 3.13. The van der Waals surface area contributed by atoms with Crippen LogP contribution in [0.2, 0.25) is 0 Å². The smallest absolute Gasteiger partial charge is 0.330 e. The van der Waals surface area contributed by atoms with Crippen LogP contribution in [0.3, 0.4) is 0 Å². The van der Waals surface area contributed by atoms with Crippen molar-refractivity contribution in [3.8, 4) is 0 Å². The van der Waals surface area contributed by atoms with Crippen LogP contribution in [0, 0.1) is 5.41 Å². The summed E-state index contributed by atoms with van der Waals surface area (Å²) in [4.78, 5) is 24.6. The standard InChI is InChI=1S/C13H23NO3/c1-10(2)14(9-15)13(11(16)17)8-6-5-7-12(13,3)4/h9-10H,5-8H2,1-4H3,(H,16,17). The van der Waals surface area contributed by atoms with Gasteiger partial charge in [0.2, 0.25) is 6.41 Å². The number of aliphatic carboxylic acids is 1. The van der Waals surface area contributed by atoms with Crippen molar-refractivity contribution in [2.45, 2.75) is 65.0 Å². The molecule has 1 aliphatic carbocycles. The molecule has 4 heteroatoms. The first kappa shape index (κ1) is 14.0. The molecule has 1 N–H and O–H groups in total. The summed E-state index contributed by atoms with van der Waals surface area (Å²) in [6.07, 6.45) is 3.99. The Kier molecular flexibility index (Phi) is 3.84. The van der Waals surface area contributed by atoms with E-state index in [4.69, 9.17) is 0 Å². The molecule has 0 spiro atoms. The van der Waals surface area contributed by atoms with Crippen LogP contribution in [0.25, 0.3) is 0 Å². The third-order valence-electron chi connectivity index (χ3n) is 4.17. The van der Waals surface area contributed by atoms with Gasteiger partial charge in [-0.2, -0.15) is 0 Å². The van der Waals surface area contributed by atoms with Gasteiger partial charge in [0.1, 0.15) is 5.54 Å². The van der Waals surface area contributed by atoms with E-state index in [1.165, 1.54) is 4.90 Å². The summed E-state index contributed by atoms with van der Waals surface area (Å²) in [6, 6.07) is -0.0963. The molecule has 0 aromatic carbocycles. The molecule has 1 aliphatic rings. The van der Waals surface area contributed by atoms with Crippen molar-refractivity contribution in [3.05, 3.63) is 0 Å². The topological polar surface area (TPSA) is 57.6 Å². The Morgan fingerprint density at radius 1 is 1.29 bits per heavy atom. The Balaban J connectivity index is 3.28. The van der Waals surface area contributed by atoms with Gasteiger partial charge in [-0.05, 0) is 32.1 Å². The third kappa shape index (κ3) is 2.05. The van der Waals surface area contributed by atoms with Gasteiger partial charge >= 0.3 is 5.97 Å². The largest absolute Gasteiger partial charge is 0.479 e. The molecule has 1 amide bonds. The van der Waals surface area contributed by atoms with Crippen molar-refractivity contribution < 1.29 is 14.7 Å². The first-order valence-corrected chi connectivity index (χ1v) is 6.27. The van der Waals surface area contributed by atoms with Gasteiger partial charge in [0, 0.05) is 6.04 Å². The summed E-state index contributed by atoms with van der Waals surface area (Å²) >= 11 is 0. The lowest BCUT2D eigenvalue weighted by atomic mass is 9.62. The second-order valence-electron chi connectivity index (χ2n) is 5.86. The molecular weight excluding hydrogens is 218 g/mol. The third-order valence-corrected chi connectivity index (χ3v) is 4.17. The van der Waals surface area contributed by atoms with E-state index in [1.807, 2.05) is 27.7 Å². The summed E-state index contributed by atoms with van der Waals surface area (Å²) < 4.78 is 0. The number of amides is 1. The quantitative estimate of drug-likeness (QED) is 0.768. The number of rotatable bonds is 4. The minimum absolute atomic E-state index is 0.0963. The molecule has 0 heterocycles. The summed E-state index contributed by atoms with van der Waals surface area (Å²) in [7, 11) is 0. The van der Waals surface area contributed by atoms with Crippen LogP contribution in [0.4, 0.5) is 0 Å². The first-order chi connectivity index (χ1) is 7.79. The van der Waals surface area contributed by atoms with Gasteiger partial charge in [0.15, 0.2) is 0 Å². The molecule has 0 bridgehead atoms. The Morgan fingerprint density at radius 3 is 2.18 bits per heavy atom. The molecule has 17 heavy (non-hydrogen) atoms. The van der Waals surface area contributed by atoms with E-state index in [-0.39, 0.29) is 11.5 Å². The molecule has 4 nitrogen and oxygen atoms in total. The van der Waals surface area contributed by atoms with E-state index < -0.39 is 11.5 Å². The summed E-state index contributed by atoms with van der Waals surface area (Å²) in [5, 5.41) is 9.67. The number of hydrogen-bond donors (Lipinski definition) is 1. The van der Waals surface area contributed by atoms with E-state index in [2.05, 4.69) is 0 Å². The molecule has 0 aromatic rings. The Bertz CT molecular complexity index is 312. The van der Waals surface area contributed by atoms with Crippen molar-refractivity contribution in [2.75, 3.05) is 0 Å². The number of hydrogen-bond acceptors (Lipinski definition) is 2. The number of carbonyl (C=O) groups is 2. The Labute approximate surface area is 103 Å². The van der Waals surface area contributed by atoms with Crippen molar-refractivity contribution >= 4 is 12.4 Å². The van der Waals surface area contributed by atoms with Gasteiger partial charge in [0.25, 0.3) is 0 Å². The van der Waals surface area contributed by atoms with E-state index in [1.54, 1.807) is 0 Å². The summed E-state index contributed by atoms with van der Waals surface area (Å²) in [5.74, 6) is -0.872. The van der Waals surface area contributed by atoms with Gasteiger partial charge in [-0.15, -0.1) is 0 Å². The second kappa shape index (κ2) is 4.67. The Morgan fingerprint density at radius 2 is 1.82 bits per heavy atom. The van der Waals surface area contributed by atoms with Crippen molar-refractivity contribution in [1.82, 2.24) is 4.90 Å². The zero-order valence-corrected chi connectivity index (χ0v) is 11.2. The minimum Gasteiger partial charge on any atom is -0.479 e. The molecule has 0 radical (unpaired) electrons. The zero-order valence-electron chi connectivity index (χ0n) is 11.2. The lowest BCUT2D eigenvalue weighted by Gasteiger charge is -2.53. The van der Waals surface area contributed by atoms with Gasteiger partial charge in [-0.3, -0.25) is 4.79 Å². The molecule has 1 unspecified atom stereocenters. The molecule has 1 rings (SSSR count). The number of carboxylic acid groups (broad SMARTS) is 1. The van der Waals surface area contributed by atoms with Crippen LogP contribution in [0.1, 0.15) is 53.4 Å². The Hall–Kier alpha value is -1.06. The van der Waals surface area contributed by atoms with E-state index >= 15 is 0 Å². The lowest BCUT2D eigenvalue weighted by Crippen LogP contribution is -2.65. The van der Waals surface area contributed by atoms with Crippen LogP contribution in [-0.4, -0.2) is 34.0 Å².